The van der Waals surface area contributed by atoms with Crippen molar-refractivity contribution >= 4 is 0 Å². The van der Waals surface area contributed by atoms with Crippen molar-refractivity contribution in [2.45, 2.75) is 46.0 Å². The second-order valence-corrected chi connectivity index (χ2v) is 5.50. The summed E-state index contributed by atoms with van der Waals surface area (Å²) in [6.07, 6.45) is 5.93. The maximum Gasteiger partial charge on any atom is 0.119 e. The third kappa shape index (κ3) is 5.26. The molecule has 0 fully saturated rings. The van der Waals surface area contributed by atoms with Crippen LogP contribution in [0.3, 0.4) is 0 Å². The first-order valence-electron chi connectivity index (χ1n) is 8.11. The lowest BCUT2D eigenvalue weighted by molar-refractivity contribution is 0.340. The van der Waals surface area contributed by atoms with Crippen molar-refractivity contribution in [1.29, 1.82) is 0 Å². The Bertz CT molecular complexity index is 511. The number of rotatable bonds is 8. The Kier molecular flexibility index (Phi) is 6.33. The highest BCUT2D eigenvalue weighted by atomic mass is 16.5. The molecule has 0 unspecified atom stereocenters. The van der Waals surface area contributed by atoms with Crippen molar-refractivity contribution in [3.05, 3.63) is 65.2 Å². The Hall–Kier alpha value is -1.76. The minimum atomic E-state index is 0.726. The highest BCUT2D eigenvalue weighted by Gasteiger charge is 1.98. The van der Waals surface area contributed by atoms with Crippen LogP contribution in [-0.2, 0) is 19.3 Å². The topological polar surface area (TPSA) is 9.23 Å². The molecule has 2 aromatic carbocycles. The first-order valence-corrected chi connectivity index (χ1v) is 8.11. The van der Waals surface area contributed by atoms with Crippen molar-refractivity contribution in [2.75, 3.05) is 6.61 Å². The van der Waals surface area contributed by atoms with Crippen molar-refractivity contribution in [2.24, 2.45) is 0 Å². The summed E-state index contributed by atoms with van der Waals surface area (Å²) in [7, 11) is 0. The van der Waals surface area contributed by atoms with Gasteiger partial charge in [-0.05, 0) is 61.4 Å². The Morgan fingerprint density at radius 1 is 0.667 bits per heavy atom. The summed E-state index contributed by atoms with van der Waals surface area (Å²) in [6, 6.07) is 17.6. The molecule has 2 aromatic rings. The van der Waals surface area contributed by atoms with Crippen LogP contribution in [0.25, 0.3) is 0 Å². The van der Waals surface area contributed by atoms with E-state index in [2.05, 4.69) is 55.5 Å². The molecule has 0 radical (unpaired) electrons. The zero-order valence-corrected chi connectivity index (χ0v) is 13.3. The zero-order valence-electron chi connectivity index (χ0n) is 13.3. The molecular formula is C20H26O. The van der Waals surface area contributed by atoms with Crippen molar-refractivity contribution in [3.8, 4) is 5.75 Å². The van der Waals surface area contributed by atoms with Crippen LogP contribution in [0, 0.1) is 0 Å². The summed E-state index contributed by atoms with van der Waals surface area (Å²) in [5.74, 6) is 0.960. The number of ether oxygens (including phenoxy) is 1. The van der Waals surface area contributed by atoms with Crippen LogP contribution in [0.2, 0.25) is 0 Å². The predicted molar refractivity (Wildman–Crippen MR) is 90.1 cm³/mol. The second kappa shape index (κ2) is 8.51. The largest absolute Gasteiger partial charge is 0.494 e. The van der Waals surface area contributed by atoms with Gasteiger partial charge in [-0.2, -0.15) is 0 Å². The van der Waals surface area contributed by atoms with E-state index < -0.39 is 0 Å². The summed E-state index contributed by atoms with van der Waals surface area (Å²) in [4.78, 5) is 0. The lowest BCUT2D eigenvalue weighted by Gasteiger charge is -2.06. The van der Waals surface area contributed by atoms with E-state index in [9.17, 15) is 0 Å². The van der Waals surface area contributed by atoms with Gasteiger partial charge in [0, 0.05) is 0 Å². The molecule has 0 amide bonds. The van der Waals surface area contributed by atoms with E-state index in [1.807, 2.05) is 6.92 Å². The molecule has 0 aliphatic rings. The van der Waals surface area contributed by atoms with Crippen LogP contribution >= 0.6 is 0 Å². The monoisotopic (exact) mass is 282 g/mol. The van der Waals surface area contributed by atoms with Gasteiger partial charge in [-0.3, -0.25) is 0 Å². The van der Waals surface area contributed by atoms with Crippen LogP contribution in [0.4, 0.5) is 0 Å². The molecule has 112 valence electrons. The molecule has 1 heteroatoms. The van der Waals surface area contributed by atoms with Crippen molar-refractivity contribution in [1.82, 2.24) is 0 Å². The van der Waals surface area contributed by atoms with Gasteiger partial charge in [-0.1, -0.05) is 49.7 Å². The van der Waals surface area contributed by atoms with E-state index in [0.29, 0.717) is 0 Å². The van der Waals surface area contributed by atoms with E-state index in [4.69, 9.17) is 4.74 Å². The fourth-order valence-electron chi connectivity index (χ4n) is 2.46. The SMILES string of the molecule is CCCCc1ccc(CCc2ccc(OCC)cc2)cc1. The minimum Gasteiger partial charge on any atom is -0.494 e. The van der Waals surface area contributed by atoms with E-state index >= 15 is 0 Å². The molecule has 0 aliphatic heterocycles. The van der Waals surface area contributed by atoms with Gasteiger partial charge in [0.1, 0.15) is 5.75 Å². The highest BCUT2D eigenvalue weighted by molar-refractivity contribution is 5.29. The summed E-state index contributed by atoms with van der Waals surface area (Å²) in [5.41, 5.74) is 4.25. The number of benzene rings is 2. The number of hydrogen-bond donors (Lipinski definition) is 0. The van der Waals surface area contributed by atoms with Crippen LogP contribution < -0.4 is 4.74 Å². The first-order chi connectivity index (χ1) is 10.3. The fourth-order valence-corrected chi connectivity index (χ4v) is 2.46. The minimum absolute atomic E-state index is 0.726. The molecule has 0 saturated carbocycles. The third-order valence-electron chi connectivity index (χ3n) is 3.78. The summed E-state index contributed by atoms with van der Waals surface area (Å²) in [5, 5.41) is 0. The van der Waals surface area contributed by atoms with Crippen molar-refractivity contribution in [3.63, 3.8) is 0 Å². The average Bonchev–Trinajstić information content (AvgIpc) is 2.53. The van der Waals surface area contributed by atoms with E-state index in [1.54, 1.807) is 0 Å². The van der Waals surface area contributed by atoms with Crippen LogP contribution in [0.5, 0.6) is 5.75 Å². The van der Waals surface area contributed by atoms with Gasteiger partial charge in [-0.25, -0.2) is 0 Å². The zero-order chi connectivity index (χ0) is 14.9. The van der Waals surface area contributed by atoms with Crippen LogP contribution in [0.1, 0.15) is 43.4 Å². The Morgan fingerprint density at radius 2 is 1.14 bits per heavy atom. The smallest absolute Gasteiger partial charge is 0.119 e. The first kappa shape index (κ1) is 15.6. The third-order valence-corrected chi connectivity index (χ3v) is 3.78. The number of unbranched alkanes of at least 4 members (excludes halogenated alkanes) is 1. The Balaban J connectivity index is 1.84. The summed E-state index contributed by atoms with van der Waals surface area (Å²) < 4.78 is 5.47. The molecule has 0 atom stereocenters. The van der Waals surface area contributed by atoms with Crippen molar-refractivity contribution < 1.29 is 4.74 Å². The highest BCUT2D eigenvalue weighted by Crippen LogP contribution is 2.15. The van der Waals surface area contributed by atoms with Gasteiger partial charge in [-0.15, -0.1) is 0 Å². The molecule has 0 spiro atoms. The van der Waals surface area contributed by atoms with E-state index in [1.165, 1.54) is 36.0 Å². The summed E-state index contributed by atoms with van der Waals surface area (Å²) >= 11 is 0. The summed E-state index contributed by atoms with van der Waals surface area (Å²) in [6.45, 7) is 4.98. The van der Waals surface area contributed by atoms with Gasteiger partial charge in [0.25, 0.3) is 0 Å². The lowest BCUT2D eigenvalue weighted by atomic mass is 10.0. The van der Waals surface area contributed by atoms with Gasteiger partial charge in [0.15, 0.2) is 0 Å². The van der Waals surface area contributed by atoms with Gasteiger partial charge < -0.3 is 4.74 Å². The average molecular weight is 282 g/mol. The van der Waals surface area contributed by atoms with Crippen LogP contribution in [-0.4, -0.2) is 6.61 Å². The predicted octanol–water partition coefficient (Wildman–Crippen LogP) is 5.21. The van der Waals surface area contributed by atoms with E-state index in [0.717, 1.165) is 25.2 Å². The molecule has 0 aliphatic carbocycles. The lowest BCUT2D eigenvalue weighted by Crippen LogP contribution is -1.94. The molecule has 0 heterocycles. The Morgan fingerprint density at radius 3 is 1.62 bits per heavy atom. The number of aryl methyl sites for hydroxylation is 3. The van der Waals surface area contributed by atoms with Gasteiger partial charge >= 0.3 is 0 Å². The maximum atomic E-state index is 5.47. The van der Waals surface area contributed by atoms with Gasteiger partial charge in [0.2, 0.25) is 0 Å². The molecular weight excluding hydrogens is 256 g/mol. The maximum absolute atomic E-state index is 5.47. The molecule has 0 bridgehead atoms. The molecule has 0 aromatic heterocycles. The molecule has 21 heavy (non-hydrogen) atoms. The Labute approximate surface area is 129 Å². The quantitative estimate of drug-likeness (QED) is 0.645. The van der Waals surface area contributed by atoms with Crippen LogP contribution in [0.15, 0.2) is 48.5 Å². The standard InChI is InChI=1S/C20H26O/c1-3-5-6-17-7-9-18(10-8-17)11-12-19-13-15-20(16-14-19)21-4-2/h7-10,13-16H,3-6,11-12H2,1-2H3. The number of hydrogen-bond acceptors (Lipinski definition) is 1. The normalized spacial score (nSPS) is 10.6. The molecule has 0 saturated heterocycles. The van der Waals surface area contributed by atoms with Gasteiger partial charge in [0.05, 0.1) is 6.61 Å². The van der Waals surface area contributed by atoms with E-state index in [-0.39, 0.29) is 0 Å². The second-order valence-electron chi connectivity index (χ2n) is 5.50. The molecule has 0 N–H and O–H groups in total. The molecule has 1 nitrogen and oxygen atoms in total. The fraction of sp³-hybridized carbons (Fsp3) is 0.400. The molecule has 2 rings (SSSR count).